The summed E-state index contributed by atoms with van der Waals surface area (Å²) in [5.41, 5.74) is 1.79. The molecule has 2 aliphatic rings. The molecule has 0 aliphatic carbocycles. The molecule has 0 bridgehead atoms. The number of carbonyl (C=O) groups is 1. The molecule has 3 rings (SSSR count). The first-order chi connectivity index (χ1) is 11.6. The molecule has 1 aromatic carbocycles. The predicted octanol–water partition coefficient (Wildman–Crippen LogP) is 4.38. The van der Waals surface area contributed by atoms with Gasteiger partial charge in [0.15, 0.2) is 0 Å². The highest BCUT2D eigenvalue weighted by atomic mass is 35.5. The average Bonchev–Trinajstić information content (AvgIpc) is 2.60. The second kappa shape index (κ2) is 8.21. The predicted molar refractivity (Wildman–Crippen MR) is 99.8 cm³/mol. The Labute approximate surface area is 150 Å². The molecule has 2 heterocycles. The number of nitrogens with zero attached hydrogens (tertiary/aromatic N) is 2. The molecule has 2 aliphatic heterocycles. The minimum atomic E-state index is -0.00802. The van der Waals surface area contributed by atoms with Crippen molar-refractivity contribution in [1.29, 1.82) is 0 Å². The van der Waals surface area contributed by atoms with E-state index in [1.807, 2.05) is 30.0 Å². The Hall–Kier alpha value is -1.26. The lowest BCUT2D eigenvalue weighted by atomic mass is 9.95. The zero-order valence-electron chi connectivity index (χ0n) is 14.6. The summed E-state index contributed by atoms with van der Waals surface area (Å²) in [6, 6.07) is 5.65. The van der Waals surface area contributed by atoms with Gasteiger partial charge in [0.25, 0.3) is 0 Å². The molecule has 2 fully saturated rings. The number of nitrogens with one attached hydrogen (secondary N) is 1. The first kappa shape index (κ1) is 17.6. The molecule has 132 valence electrons. The van der Waals surface area contributed by atoms with Gasteiger partial charge >= 0.3 is 6.03 Å². The summed E-state index contributed by atoms with van der Waals surface area (Å²) in [5, 5.41) is 3.66. The number of halogens is 1. The van der Waals surface area contributed by atoms with Gasteiger partial charge in [-0.05, 0) is 69.3 Å². The van der Waals surface area contributed by atoms with E-state index in [1.54, 1.807) is 0 Å². The highest BCUT2D eigenvalue weighted by Crippen LogP contribution is 2.23. The number of aryl methyl sites for hydroxylation is 1. The fourth-order valence-electron chi connectivity index (χ4n) is 3.70. The van der Waals surface area contributed by atoms with E-state index >= 15 is 0 Å². The van der Waals surface area contributed by atoms with Crippen molar-refractivity contribution in [2.45, 2.75) is 39.0 Å². The summed E-state index contributed by atoms with van der Waals surface area (Å²) in [7, 11) is 0. The summed E-state index contributed by atoms with van der Waals surface area (Å²) in [4.78, 5) is 17.0. The van der Waals surface area contributed by atoms with Crippen LogP contribution in [0, 0.1) is 12.8 Å². The lowest BCUT2D eigenvalue weighted by molar-refractivity contribution is 0.142. The van der Waals surface area contributed by atoms with E-state index in [0.29, 0.717) is 5.02 Å². The van der Waals surface area contributed by atoms with Crippen LogP contribution in [-0.4, -0.2) is 48.6 Å². The van der Waals surface area contributed by atoms with Crippen molar-refractivity contribution in [2.75, 3.05) is 38.0 Å². The van der Waals surface area contributed by atoms with Gasteiger partial charge in [0.1, 0.15) is 0 Å². The summed E-state index contributed by atoms with van der Waals surface area (Å²) in [6.07, 6.45) is 6.30. The fraction of sp³-hybridized carbons (Fsp3) is 0.632. The Balaban J connectivity index is 1.45. The van der Waals surface area contributed by atoms with E-state index in [-0.39, 0.29) is 6.03 Å². The number of anilines is 1. The molecule has 0 atom stereocenters. The maximum Gasteiger partial charge on any atom is 0.321 e. The molecule has 0 radical (unpaired) electrons. The maximum absolute atomic E-state index is 12.4. The molecule has 1 aromatic rings. The number of urea groups is 1. The Kier molecular flexibility index (Phi) is 6.01. The van der Waals surface area contributed by atoms with Crippen molar-refractivity contribution in [2.24, 2.45) is 5.92 Å². The lowest BCUT2D eigenvalue weighted by Gasteiger charge is -2.36. The highest BCUT2D eigenvalue weighted by molar-refractivity contribution is 6.31. The zero-order chi connectivity index (χ0) is 16.9. The number of benzene rings is 1. The number of hydrogen-bond acceptors (Lipinski definition) is 2. The molecule has 5 heteroatoms. The maximum atomic E-state index is 12.4. The quantitative estimate of drug-likeness (QED) is 0.879. The van der Waals surface area contributed by atoms with Gasteiger partial charge < -0.3 is 15.1 Å². The standard InChI is InChI=1S/C19H28ClN3O/c1-15-5-6-17(13-18(15)20)21-19(24)23-11-7-16(8-12-23)14-22-9-3-2-4-10-22/h5-6,13,16H,2-4,7-12,14H2,1H3,(H,21,24). The molecule has 4 nitrogen and oxygen atoms in total. The van der Waals surface area contributed by atoms with Gasteiger partial charge in [-0.2, -0.15) is 0 Å². The molecule has 1 N–H and O–H groups in total. The van der Waals surface area contributed by atoms with Crippen LogP contribution >= 0.6 is 11.6 Å². The summed E-state index contributed by atoms with van der Waals surface area (Å²) >= 11 is 6.13. The number of amides is 2. The van der Waals surface area contributed by atoms with Crippen molar-refractivity contribution in [3.8, 4) is 0 Å². The highest BCUT2D eigenvalue weighted by Gasteiger charge is 2.24. The third-order valence-electron chi connectivity index (χ3n) is 5.29. The van der Waals surface area contributed by atoms with Crippen molar-refractivity contribution < 1.29 is 4.79 Å². The molecule has 0 saturated carbocycles. The van der Waals surface area contributed by atoms with Crippen molar-refractivity contribution in [3.05, 3.63) is 28.8 Å². The summed E-state index contributed by atoms with van der Waals surface area (Å²) in [6.45, 7) is 7.39. The number of piperidine rings is 2. The fourth-order valence-corrected chi connectivity index (χ4v) is 3.88. The largest absolute Gasteiger partial charge is 0.325 e. The Bertz CT molecular complexity index is 564. The van der Waals surface area contributed by atoms with Gasteiger partial charge in [-0.15, -0.1) is 0 Å². The molecular weight excluding hydrogens is 322 g/mol. The number of likely N-dealkylation sites (tertiary alicyclic amines) is 2. The van der Waals surface area contributed by atoms with Crippen LogP contribution in [0.2, 0.25) is 5.02 Å². The van der Waals surface area contributed by atoms with Gasteiger partial charge in [-0.1, -0.05) is 24.1 Å². The van der Waals surface area contributed by atoms with Gasteiger partial charge in [0, 0.05) is 30.3 Å². The molecule has 2 amide bonds. The molecule has 0 spiro atoms. The van der Waals surface area contributed by atoms with Gasteiger partial charge in [0.05, 0.1) is 0 Å². The second-order valence-electron chi connectivity index (χ2n) is 7.19. The van der Waals surface area contributed by atoms with Crippen LogP contribution in [-0.2, 0) is 0 Å². The van der Waals surface area contributed by atoms with E-state index in [1.165, 1.54) is 38.9 Å². The topological polar surface area (TPSA) is 35.6 Å². The Morgan fingerprint density at radius 3 is 2.54 bits per heavy atom. The van der Waals surface area contributed by atoms with E-state index in [9.17, 15) is 4.79 Å². The molecule has 0 unspecified atom stereocenters. The smallest absolute Gasteiger partial charge is 0.321 e. The van der Waals surface area contributed by atoms with Crippen LogP contribution in [0.1, 0.15) is 37.7 Å². The second-order valence-corrected chi connectivity index (χ2v) is 7.59. The van der Waals surface area contributed by atoms with E-state index < -0.39 is 0 Å². The van der Waals surface area contributed by atoms with Gasteiger partial charge in [-0.3, -0.25) is 0 Å². The molecule has 24 heavy (non-hydrogen) atoms. The van der Waals surface area contributed by atoms with Crippen molar-refractivity contribution in [1.82, 2.24) is 9.80 Å². The van der Waals surface area contributed by atoms with Crippen molar-refractivity contribution in [3.63, 3.8) is 0 Å². The van der Waals surface area contributed by atoms with E-state index in [4.69, 9.17) is 11.6 Å². The van der Waals surface area contributed by atoms with Crippen LogP contribution in [0.25, 0.3) is 0 Å². The monoisotopic (exact) mass is 349 g/mol. The summed E-state index contributed by atoms with van der Waals surface area (Å²) in [5.74, 6) is 0.737. The minimum Gasteiger partial charge on any atom is -0.325 e. The lowest BCUT2D eigenvalue weighted by Crippen LogP contribution is -2.44. The number of rotatable bonds is 3. The summed E-state index contributed by atoms with van der Waals surface area (Å²) < 4.78 is 0. The molecule has 0 aromatic heterocycles. The minimum absolute atomic E-state index is 0.00802. The molecule has 2 saturated heterocycles. The van der Waals surface area contributed by atoms with Crippen LogP contribution < -0.4 is 5.32 Å². The van der Waals surface area contributed by atoms with E-state index in [2.05, 4.69) is 10.2 Å². The van der Waals surface area contributed by atoms with Crippen LogP contribution in [0.5, 0.6) is 0 Å². The van der Waals surface area contributed by atoms with Crippen LogP contribution in [0.15, 0.2) is 18.2 Å². The number of hydrogen-bond donors (Lipinski definition) is 1. The Morgan fingerprint density at radius 1 is 1.17 bits per heavy atom. The first-order valence-corrected chi connectivity index (χ1v) is 9.54. The SMILES string of the molecule is Cc1ccc(NC(=O)N2CCC(CN3CCCCC3)CC2)cc1Cl. The first-order valence-electron chi connectivity index (χ1n) is 9.16. The third-order valence-corrected chi connectivity index (χ3v) is 5.70. The van der Waals surface area contributed by atoms with E-state index in [0.717, 1.165) is 43.1 Å². The van der Waals surface area contributed by atoms with Crippen molar-refractivity contribution >= 4 is 23.3 Å². The van der Waals surface area contributed by atoms with Crippen LogP contribution in [0.3, 0.4) is 0 Å². The average molecular weight is 350 g/mol. The third kappa shape index (κ3) is 4.64. The zero-order valence-corrected chi connectivity index (χ0v) is 15.3. The normalized spacial score (nSPS) is 20.2. The Morgan fingerprint density at radius 2 is 1.88 bits per heavy atom. The molecular formula is C19H28ClN3O. The van der Waals surface area contributed by atoms with Gasteiger partial charge in [-0.25, -0.2) is 4.79 Å². The van der Waals surface area contributed by atoms with Crippen LogP contribution in [0.4, 0.5) is 10.5 Å². The number of carbonyl (C=O) groups excluding carboxylic acids is 1. The van der Waals surface area contributed by atoms with Gasteiger partial charge in [0.2, 0.25) is 0 Å².